The molecular weight excluding hydrogens is 389 g/mol. The van der Waals surface area contributed by atoms with Crippen LogP contribution in [-0.4, -0.2) is 60.2 Å². The zero-order valence-corrected chi connectivity index (χ0v) is 16.7. The Balaban J connectivity index is 1.44. The van der Waals surface area contributed by atoms with Gasteiger partial charge in [-0.25, -0.2) is 0 Å². The van der Waals surface area contributed by atoms with Crippen molar-refractivity contribution in [1.29, 1.82) is 0 Å². The van der Waals surface area contributed by atoms with E-state index in [2.05, 4.69) is 5.32 Å². The number of hydrogen-bond donors (Lipinski definition) is 1. The van der Waals surface area contributed by atoms with Crippen LogP contribution in [0.1, 0.15) is 30.1 Å². The molecule has 0 aromatic heterocycles. The van der Waals surface area contributed by atoms with Gasteiger partial charge in [-0.1, -0.05) is 36.2 Å². The van der Waals surface area contributed by atoms with E-state index >= 15 is 0 Å². The molecule has 1 saturated carbocycles. The third-order valence-electron chi connectivity index (χ3n) is 5.19. The molecule has 2 fully saturated rings. The fourth-order valence-electron chi connectivity index (χ4n) is 3.27. The number of hydrogen-bond acceptors (Lipinski definition) is 3. The lowest BCUT2D eigenvalue weighted by molar-refractivity contribution is -0.132. The number of nitrogens with one attached hydrogen (secondary N) is 1. The third-order valence-corrected chi connectivity index (χ3v) is 6.00. The van der Waals surface area contributed by atoms with Crippen LogP contribution in [0.3, 0.4) is 0 Å². The maximum Gasteiger partial charge on any atom is 0.255 e. The van der Waals surface area contributed by atoms with Crippen molar-refractivity contribution in [3.63, 3.8) is 0 Å². The Bertz CT molecular complexity index is 748. The highest BCUT2D eigenvalue weighted by atomic mass is 35.5. The minimum absolute atomic E-state index is 0.00738. The maximum absolute atomic E-state index is 12.6. The fourth-order valence-corrected chi connectivity index (χ4v) is 3.65. The highest BCUT2D eigenvalue weighted by Gasteiger charge is 2.38. The van der Waals surface area contributed by atoms with Crippen molar-refractivity contribution in [3.8, 4) is 0 Å². The standard InChI is InChI=1S/C19H23Cl2N3O3/c1-12-11-14(12)18(26)22-6-5-16(25)23-7-9-24(10-8-23)19(27)13-3-2-4-15(20)17(13)21/h2-4,12,14H,5-11H2,1H3,(H,22,26)/t12-,14+/m1/s1. The quantitative estimate of drug-likeness (QED) is 0.808. The van der Waals surface area contributed by atoms with E-state index in [9.17, 15) is 14.4 Å². The molecule has 146 valence electrons. The Kier molecular flexibility index (Phi) is 6.27. The summed E-state index contributed by atoms with van der Waals surface area (Å²) in [6, 6.07) is 4.98. The van der Waals surface area contributed by atoms with E-state index in [0.717, 1.165) is 6.42 Å². The highest BCUT2D eigenvalue weighted by Crippen LogP contribution is 2.37. The second kappa shape index (κ2) is 8.48. The van der Waals surface area contributed by atoms with E-state index in [1.165, 1.54) is 0 Å². The molecule has 3 amide bonds. The SMILES string of the molecule is C[C@@H]1C[C@@H]1C(=O)NCCC(=O)N1CCN(C(=O)c2cccc(Cl)c2Cl)CC1. The van der Waals surface area contributed by atoms with Gasteiger partial charge in [0.2, 0.25) is 11.8 Å². The van der Waals surface area contributed by atoms with Crippen molar-refractivity contribution in [1.82, 2.24) is 15.1 Å². The Labute approximate surface area is 168 Å². The molecule has 27 heavy (non-hydrogen) atoms. The summed E-state index contributed by atoms with van der Waals surface area (Å²) in [7, 11) is 0. The topological polar surface area (TPSA) is 69.7 Å². The van der Waals surface area contributed by atoms with Crippen LogP contribution in [-0.2, 0) is 9.59 Å². The maximum atomic E-state index is 12.6. The van der Waals surface area contributed by atoms with Gasteiger partial charge in [0.25, 0.3) is 5.91 Å². The second-order valence-corrected chi connectivity index (χ2v) is 7.92. The first-order valence-electron chi connectivity index (χ1n) is 9.17. The highest BCUT2D eigenvalue weighted by molar-refractivity contribution is 6.43. The summed E-state index contributed by atoms with van der Waals surface area (Å²) in [5.74, 6) is 0.434. The molecule has 1 aliphatic carbocycles. The van der Waals surface area contributed by atoms with E-state index in [1.54, 1.807) is 28.0 Å². The lowest BCUT2D eigenvalue weighted by Gasteiger charge is -2.35. The van der Waals surface area contributed by atoms with Crippen molar-refractivity contribution < 1.29 is 14.4 Å². The molecule has 1 aromatic carbocycles. The fraction of sp³-hybridized carbons (Fsp3) is 0.526. The summed E-state index contributed by atoms with van der Waals surface area (Å²) >= 11 is 12.1. The van der Waals surface area contributed by atoms with Gasteiger partial charge in [-0.15, -0.1) is 0 Å². The Morgan fingerprint density at radius 2 is 1.74 bits per heavy atom. The smallest absolute Gasteiger partial charge is 0.255 e. The molecule has 1 heterocycles. The molecule has 0 spiro atoms. The minimum atomic E-state index is -0.180. The van der Waals surface area contributed by atoms with E-state index in [1.807, 2.05) is 6.92 Å². The van der Waals surface area contributed by atoms with Crippen LogP contribution < -0.4 is 5.32 Å². The van der Waals surface area contributed by atoms with E-state index in [0.29, 0.717) is 49.2 Å². The minimum Gasteiger partial charge on any atom is -0.355 e. The van der Waals surface area contributed by atoms with E-state index in [4.69, 9.17) is 23.2 Å². The lowest BCUT2D eigenvalue weighted by Crippen LogP contribution is -2.51. The largest absolute Gasteiger partial charge is 0.355 e. The van der Waals surface area contributed by atoms with Crippen molar-refractivity contribution in [2.24, 2.45) is 11.8 Å². The van der Waals surface area contributed by atoms with Gasteiger partial charge in [0.05, 0.1) is 15.6 Å². The van der Waals surface area contributed by atoms with Gasteiger partial charge >= 0.3 is 0 Å². The number of nitrogens with zero attached hydrogens (tertiary/aromatic N) is 2. The van der Waals surface area contributed by atoms with Gasteiger partial charge in [0.1, 0.15) is 0 Å². The number of halogens is 2. The summed E-state index contributed by atoms with van der Waals surface area (Å²) in [5, 5.41) is 3.43. The molecule has 1 N–H and O–H groups in total. The monoisotopic (exact) mass is 411 g/mol. The summed E-state index contributed by atoms with van der Waals surface area (Å²) < 4.78 is 0. The first kappa shape index (κ1) is 20.0. The van der Waals surface area contributed by atoms with Crippen molar-refractivity contribution in [2.45, 2.75) is 19.8 Å². The van der Waals surface area contributed by atoms with Crippen molar-refractivity contribution in [2.75, 3.05) is 32.7 Å². The van der Waals surface area contributed by atoms with Gasteiger partial charge in [0.15, 0.2) is 0 Å². The van der Waals surface area contributed by atoms with Gasteiger partial charge in [-0.2, -0.15) is 0 Å². The predicted octanol–water partition coefficient (Wildman–Crippen LogP) is 2.44. The molecule has 0 bridgehead atoms. The second-order valence-electron chi connectivity index (χ2n) is 7.13. The molecule has 6 nitrogen and oxygen atoms in total. The number of benzene rings is 1. The Morgan fingerprint density at radius 3 is 2.37 bits per heavy atom. The van der Waals surface area contributed by atoms with Crippen LogP contribution in [0, 0.1) is 11.8 Å². The lowest BCUT2D eigenvalue weighted by atomic mass is 10.1. The number of carbonyl (C=O) groups is 3. The summed E-state index contributed by atoms with van der Waals surface area (Å²) in [6.07, 6.45) is 1.22. The van der Waals surface area contributed by atoms with Crippen LogP contribution in [0.4, 0.5) is 0 Å². The summed E-state index contributed by atoms with van der Waals surface area (Å²) in [4.78, 5) is 40.1. The molecule has 2 atom stereocenters. The Morgan fingerprint density at radius 1 is 1.11 bits per heavy atom. The van der Waals surface area contributed by atoms with Crippen LogP contribution in [0.25, 0.3) is 0 Å². The average Bonchev–Trinajstić information content (AvgIpc) is 3.40. The molecule has 8 heteroatoms. The van der Waals surface area contributed by atoms with Crippen molar-refractivity contribution >= 4 is 40.9 Å². The molecule has 0 radical (unpaired) electrons. The molecular formula is C19H23Cl2N3O3. The van der Waals surface area contributed by atoms with Crippen LogP contribution >= 0.6 is 23.2 Å². The zero-order valence-electron chi connectivity index (χ0n) is 15.2. The van der Waals surface area contributed by atoms with E-state index in [-0.39, 0.29) is 35.1 Å². The molecule has 1 aliphatic heterocycles. The number of piperazine rings is 1. The van der Waals surface area contributed by atoms with Gasteiger partial charge < -0.3 is 15.1 Å². The Hall–Kier alpha value is -1.79. The normalized spacial score (nSPS) is 21.7. The summed E-state index contributed by atoms with van der Waals surface area (Å²) in [6.45, 7) is 4.23. The molecule has 1 saturated heterocycles. The molecule has 3 rings (SSSR count). The van der Waals surface area contributed by atoms with Crippen molar-refractivity contribution in [3.05, 3.63) is 33.8 Å². The predicted molar refractivity (Wildman–Crippen MR) is 104 cm³/mol. The molecule has 0 unspecified atom stereocenters. The average molecular weight is 412 g/mol. The van der Waals surface area contributed by atoms with Crippen LogP contribution in [0.5, 0.6) is 0 Å². The number of amides is 3. The third kappa shape index (κ3) is 4.74. The number of rotatable bonds is 5. The first-order chi connectivity index (χ1) is 12.9. The van der Waals surface area contributed by atoms with Gasteiger partial charge in [0, 0.05) is 45.1 Å². The molecule has 2 aliphatic rings. The zero-order chi connectivity index (χ0) is 19.6. The summed E-state index contributed by atoms with van der Waals surface area (Å²) in [5.41, 5.74) is 0.376. The first-order valence-corrected chi connectivity index (χ1v) is 9.93. The van der Waals surface area contributed by atoms with Gasteiger partial charge in [-0.3, -0.25) is 14.4 Å². The number of carbonyl (C=O) groups excluding carboxylic acids is 3. The van der Waals surface area contributed by atoms with Gasteiger partial charge in [-0.05, 0) is 24.5 Å². The van der Waals surface area contributed by atoms with Crippen LogP contribution in [0.2, 0.25) is 10.0 Å². The van der Waals surface area contributed by atoms with E-state index < -0.39 is 0 Å². The van der Waals surface area contributed by atoms with Crippen LogP contribution in [0.15, 0.2) is 18.2 Å². The molecule has 1 aromatic rings.